The highest BCUT2D eigenvalue weighted by Gasteiger charge is 2.25. The molecule has 0 amide bonds. The number of hydrogen-bond donors (Lipinski definition) is 3. The van der Waals surface area contributed by atoms with Gasteiger partial charge in [-0.15, -0.1) is 0 Å². The highest BCUT2D eigenvalue weighted by atomic mass is 35.5. The molecule has 0 aliphatic rings. The van der Waals surface area contributed by atoms with E-state index in [0.717, 1.165) is 0 Å². The van der Waals surface area contributed by atoms with Crippen LogP contribution in [0.15, 0.2) is 18.2 Å². The Morgan fingerprint density at radius 3 is 2.53 bits per heavy atom. The van der Waals surface area contributed by atoms with Gasteiger partial charge in [-0.2, -0.15) is 0 Å². The zero-order chi connectivity index (χ0) is 13.1. The van der Waals surface area contributed by atoms with E-state index in [2.05, 4.69) is 5.32 Å². The first-order valence-corrected chi connectivity index (χ1v) is 5.23. The second-order valence-electron chi connectivity index (χ2n) is 3.92. The van der Waals surface area contributed by atoms with Gasteiger partial charge in [-0.25, -0.2) is 0 Å². The van der Waals surface area contributed by atoms with E-state index in [4.69, 9.17) is 21.8 Å². The van der Waals surface area contributed by atoms with E-state index in [-0.39, 0.29) is 24.6 Å². The van der Waals surface area contributed by atoms with Gasteiger partial charge in [0.2, 0.25) is 0 Å². The van der Waals surface area contributed by atoms with Gasteiger partial charge in [-0.05, 0) is 19.1 Å². The van der Waals surface area contributed by atoms with Crippen LogP contribution >= 0.6 is 11.6 Å². The zero-order valence-electron chi connectivity index (χ0n) is 9.18. The molecule has 0 atom stereocenters. The van der Waals surface area contributed by atoms with Crippen molar-refractivity contribution >= 4 is 23.0 Å². The molecule has 1 aromatic carbocycles. The lowest BCUT2D eigenvalue weighted by Crippen LogP contribution is -2.42. The van der Waals surface area contributed by atoms with Gasteiger partial charge in [0.05, 0.1) is 23.7 Å². The summed E-state index contributed by atoms with van der Waals surface area (Å²) in [6, 6.07) is 4.04. The van der Waals surface area contributed by atoms with Gasteiger partial charge in [0.15, 0.2) is 0 Å². The second-order valence-corrected chi connectivity index (χ2v) is 4.36. The molecular formula is C10H13ClN2O4. The summed E-state index contributed by atoms with van der Waals surface area (Å²) in [6.07, 6.45) is 0. The zero-order valence-corrected chi connectivity index (χ0v) is 9.94. The summed E-state index contributed by atoms with van der Waals surface area (Å²) in [5.41, 5.74) is -1.05. The van der Waals surface area contributed by atoms with Crippen LogP contribution in [-0.2, 0) is 0 Å². The van der Waals surface area contributed by atoms with Crippen LogP contribution in [-0.4, -0.2) is 33.9 Å². The summed E-state index contributed by atoms with van der Waals surface area (Å²) < 4.78 is 0. The lowest BCUT2D eigenvalue weighted by Gasteiger charge is -2.27. The van der Waals surface area contributed by atoms with Crippen molar-refractivity contribution in [1.82, 2.24) is 0 Å². The molecule has 17 heavy (non-hydrogen) atoms. The Kier molecular flexibility index (Phi) is 4.28. The van der Waals surface area contributed by atoms with E-state index < -0.39 is 10.5 Å². The molecule has 0 saturated carbocycles. The van der Waals surface area contributed by atoms with Gasteiger partial charge < -0.3 is 15.5 Å². The number of nitrogens with zero attached hydrogens (tertiary/aromatic N) is 1. The molecular weight excluding hydrogens is 248 g/mol. The van der Waals surface area contributed by atoms with Gasteiger partial charge in [0.1, 0.15) is 5.69 Å². The summed E-state index contributed by atoms with van der Waals surface area (Å²) in [6.45, 7) is 0.804. The van der Waals surface area contributed by atoms with Gasteiger partial charge in [-0.1, -0.05) is 11.6 Å². The third-order valence-electron chi connectivity index (χ3n) is 2.29. The van der Waals surface area contributed by atoms with Crippen molar-refractivity contribution in [3.8, 4) is 0 Å². The van der Waals surface area contributed by atoms with E-state index in [1.165, 1.54) is 25.1 Å². The van der Waals surface area contributed by atoms with Crippen molar-refractivity contribution in [3.05, 3.63) is 33.3 Å². The summed E-state index contributed by atoms with van der Waals surface area (Å²) >= 11 is 5.75. The molecule has 0 aliphatic heterocycles. The molecule has 0 fully saturated rings. The number of benzene rings is 1. The molecule has 0 saturated heterocycles. The first-order valence-electron chi connectivity index (χ1n) is 4.86. The van der Waals surface area contributed by atoms with Crippen LogP contribution in [0.5, 0.6) is 0 Å². The molecule has 0 unspecified atom stereocenters. The smallest absolute Gasteiger partial charge is 0.292 e. The maximum absolute atomic E-state index is 10.8. The minimum absolute atomic E-state index is 0.160. The number of aliphatic hydroxyl groups is 2. The minimum Gasteiger partial charge on any atom is -0.394 e. The van der Waals surface area contributed by atoms with Gasteiger partial charge in [0.25, 0.3) is 5.69 Å². The summed E-state index contributed by atoms with van der Waals surface area (Å²) in [7, 11) is 0. The molecule has 0 bridgehead atoms. The predicted octanol–water partition coefficient (Wildman–Crippen LogP) is 1.40. The van der Waals surface area contributed by atoms with Crippen LogP contribution in [0.4, 0.5) is 11.4 Å². The second kappa shape index (κ2) is 5.31. The van der Waals surface area contributed by atoms with E-state index >= 15 is 0 Å². The normalized spacial score (nSPS) is 11.3. The maximum atomic E-state index is 10.8. The Labute approximate surface area is 103 Å². The fraction of sp³-hybridized carbons (Fsp3) is 0.400. The molecule has 0 spiro atoms. The molecule has 0 aliphatic carbocycles. The van der Waals surface area contributed by atoms with Gasteiger partial charge in [0, 0.05) is 11.1 Å². The maximum Gasteiger partial charge on any atom is 0.292 e. The third-order valence-corrected chi connectivity index (χ3v) is 2.52. The van der Waals surface area contributed by atoms with E-state index in [1.54, 1.807) is 0 Å². The van der Waals surface area contributed by atoms with Crippen molar-refractivity contribution in [1.29, 1.82) is 0 Å². The number of rotatable bonds is 5. The average Bonchev–Trinajstić information content (AvgIpc) is 2.28. The molecule has 3 N–H and O–H groups in total. The molecule has 94 valence electrons. The number of halogens is 1. The number of nitro benzene ring substituents is 1. The van der Waals surface area contributed by atoms with Crippen molar-refractivity contribution in [2.75, 3.05) is 18.5 Å². The fourth-order valence-electron chi connectivity index (χ4n) is 1.22. The van der Waals surface area contributed by atoms with Crippen LogP contribution < -0.4 is 5.32 Å². The Morgan fingerprint density at radius 1 is 1.47 bits per heavy atom. The lowest BCUT2D eigenvalue weighted by molar-refractivity contribution is -0.384. The Balaban J connectivity index is 3.12. The molecule has 7 heteroatoms. The first-order chi connectivity index (χ1) is 7.91. The van der Waals surface area contributed by atoms with Crippen LogP contribution in [0, 0.1) is 10.1 Å². The van der Waals surface area contributed by atoms with Crippen LogP contribution in [0.2, 0.25) is 5.02 Å². The number of anilines is 1. The molecule has 6 nitrogen and oxygen atoms in total. The van der Waals surface area contributed by atoms with E-state index in [1.807, 2.05) is 0 Å². The van der Waals surface area contributed by atoms with Crippen molar-refractivity contribution in [2.24, 2.45) is 0 Å². The monoisotopic (exact) mass is 260 g/mol. The standard InChI is InChI=1S/C10H13ClN2O4/c1-10(5-14,6-15)12-8-4-7(11)2-3-9(8)13(16)17/h2-4,12,14-15H,5-6H2,1H3. The van der Waals surface area contributed by atoms with Crippen molar-refractivity contribution in [3.63, 3.8) is 0 Å². The number of aliphatic hydroxyl groups excluding tert-OH is 2. The Morgan fingerprint density at radius 2 is 2.06 bits per heavy atom. The third kappa shape index (κ3) is 3.29. The van der Waals surface area contributed by atoms with Gasteiger partial charge in [-0.3, -0.25) is 10.1 Å². The largest absolute Gasteiger partial charge is 0.394 e. The van der Waals surface area contributed by atoms with Gasteiger partial charge >= 0.3 is 0 Å². The molecule has 1 rings (SSSR count). The van der Waals surface area contributed by atoms with Crippen LogP contribution in [0.25, 0.3) is 0 Å². The highest BCUT2D eigenvalue weighted by Crippen LogP contribution is 2.29. The Hall–Kier alpha value is -1.37. The highest BCUT2D eigenvalue weighted by molar-refractivity contribution is 6.31. The minimum atomic E-state index is -1.05. The lowest BCUT2D eigenvalue weighted by atomic mass is 10.0. The van der Waals surface area contributed by atoms with Crippen molar-refractivity contribution < 1.29 is 15.1 Å². The summed E-state index contributed by atoms with van der Waals surface area (Å²) in [5.74, 6) is 0. The summed E-state index contributed by atoms with van der Waals surface area (Å²) in [5, 5.41) is 32.1. The summed E-state index contributed by atoms with van der Waals surface area (Å²) in [4.78, 5) is 10.2. The SMILES string of the molecule is CC(CO)(CO)Nc1cc(Cl)ccc1[N+](=O)[O-]. The quantitative estimate of drug-likeness (QED) is 0.549. The predicted molar refractivity (Wildman–Crippen MR) is 64.3 cm³/mol. The number of nitrogens with one attached hydrogen (secondary N) is 1. The average molecular weight is 261 g/mol. The molecule has 0 aromatic heterocycles. The molecule has 0 radical (unpaired) electrons. The first kappa shape index (κ1) is 13.7. The van der Waals surface area contributed by atoms with E-state index in [9.17, 15) is 10.1 Å². The fourth-order valence-corrected chi connectivity index (χ4v) is 1.39. The van der Waals surface area contributed by atoms with Crippen molar-refractivity contribution in [2.45, 2.75) is 12.5 Å². The number of nitro groups is 1. The van der Waals surface area contributed by atoms with Crippen LogP contribution in [0.1, 0.15) is 6.92 Å². The van der Waals surface area contributed by atoms with E-state index in [0.29, 0.717) is 5.02 Å². The molecule has 0 heterocycles. The Bertz CT molecular complexity index is 421. The molecule has 1 aromatic rings. The van der Waals surface area contributed by atoms with Crippen LogP contribution in [0.3, 0.4) is 0 Å². The number of hydrogen-bond acceptors (Lipinski definition) is 5. The topological polar surface area (TPSA) is 95.6 Å².